The fourth-order valence-corrected chi connectivity index (χ4v) is 4.53. The summed E-state index contributed by atoms with van der Waals surface area (Å²) in [6.45, 7) is 4.43. The zero-order valence-electron chi connectivity index (χ0n) is 19.4. The molecule has 0 radical (unpaired) electrons. The van der Waals surface area contributed by atoms with Crippen LogP contribution in [0.15, 0.2) is 67.1 Å². The van der Waals surface area contributed by atoms with E-state index in [4.69, 9.17) is 9.72 Å². The molecule has 6 nitrogen and oxygen atoms in total. The van der Waals surface area contributed by atoms with Crippen LogP contribution in [0.5, 0.6) is 11.5 Å². The molecule has 0 spiro atoms. The van der Waals surface area contributed by atoms with E-state index in [9.17, 15) is 4.79 Å². The Kier molecular flexibility index (Phi) is 6.01. The first kappa shape index (κ1) is 21.7. The van der Waals surface area contributed by atoms with Crippen molar-refractivity contribution in [3.8, 4) is 34.6 Å². The van der Waals surface area contributed by atoms with E-state index in [1.165, 1.54) is 0 Å². The van der Waals surface area contributed by atoms with Gasteiger partial charge >= 0.3 is 0 Å². The summed E-state index contributed by atoms with van der Waals surface area (Å²) >= 11 is 0. The van der Waals surface area contributed by atoms with Gasteiger partial charge in [0.1, 0.15) is 17.3 Å². The van der Waals surface area contributed by atoms with E-state index in [0.29, 0.717) is 6.54 Å². The second-order valence-electron chi connectivity index (χ2n) is 8.48. The number of carbonyl (C=O) groups is 1. The number of aryl methyl sites for hydroxylation is 1. The first-order valence-electron chi connectivity index (χ1n) is 11.5. The van der Waals surface area contributed by atoms with Crippen molar-refractivity contribution < 1.29 is 9.53 Å². The molecule has 4 aromatic rings. The Hall–Kier alpha value is -4.11. The van der Waals surface area contributed by atoms with Gasteiger partial charge in [-0.3, -0.25) is 14.2 Å². The number of imidazole rings is 1. The van der Waals surface area contributed by atoms with Crippen LogP contribution in [-0.4, -0.2) is 31.7 Å². The highest BCUT2D eigenvalue weighted by Gasteiger charge is 2.31. The number of fused-ring (bicyclic) bond motifs is 1. The smallest absolute Gasteiger partial charge is 0.299 e. The number of likely N-dealkylation sites (tertiary alicyclic amines) is 1. The van der Waals surface area contributed by atoms with Gasteiger partial charge in [-0.05, 0) is 81.0 Å². The normalized spacial score (nSPS) is 15.6. The van der Waals surface area contributed by atoms with E-state index in [2.05, 4.69) is 21.2 Å². The zero-order valence-corrected chi connectivity index (χ0v) is 19.4. The number of rotatable bonds is 4. The number of benzene rings is 2. The summed E-state index contributed by atoms with van der Waals surface area (Å²) in [6.07, 6.45) is 8.38. The molecule has 1 saturated heterocycles. The van der Waals surface area contributed by atoms with Gasteiger partial charge in [0.2, 0.25) is 0 Å². The number of hydrogen-bond acceptors (Lipinski definition) is 4. The molecule has 3 heterocycles. The first-order valence-corrected chi connectivity index (χ1v) is 11.5. The lowest BCUT2D eigenvalue weighted by Crippen LogP contribution is -2.38. The molecule has 6 heteroatoms. The molecular weight excluding hydrogens is 424 g/mol. The molecule has 0 N–H and O–H groups in total. The summed E-state index contributed by atoms with van der Waals surface area (Å²) in [5.74, 6) is 7.72. The van der Waals surface area contributed by atoms with Gasteiger partial charge in [-0.15, -0.1) is 0 Å². The number of amides is 1. The third-order valence-corrected chi connectivity index (χ3v) is 6.12. The molecule has 2 aromatic carbocycles. The summed E-state index contributed by atoms with van der Waals surface area (Å²) < 4.78 is 8.06. The van der Waals surface area contributed by atoms with Gasteiger partial charge in [-0.25, -0.2) is 4.98 Å². The highest BCUT2D eigenvalue weighted by atomic mass is 16.5. The van der Waals surface area contributed by atoms with Gasteiger partial charge < -0.3 is 9.64 Å². The fraction of sp³-hybridized carbons (Fsp3) is 0.250. The van der Waals surface area contributed by atoms with E-state index < -0.39 is 0 Å². The van der Waals surface area contributed by atoms with Gasteiger partial charge in [-0.1, -0.05) is 18.1 Å². The van der Waals surface area contributed by atoms with E-state index in [0.717, 1.165) is 58.9 Å². The Balaban J connectivity index is 1.50. The van der Waals surface area contributed by atoms with Crippen LogP contribution in [0.1, 0.15) is 43.6 Å². The summed E-state index contributed by atoms with van der Waals surface area (Å²) in [5, 5.41) is 0. The minimum atomic E-state index is -0.141. The summed E-state index contributed by atoms with van der Waals surface area (Å²) in [6, 6.07) is 15.8. The molecular formula is C28H26N4O2. The van der Waals surface area contributed by atoms with Gasteiger partial charge in [0.05, 0.1) is 23.4 Å². The molecule has 0 bridgehead atoms. The number of ether oxygens (including phenoxy) is 1. The minimum absolute atomic E-state index is 0.116. The molecule has 1 aliphatic rings. The number of aromatic nitrogens is 3. The number of carbonyl (C=O) groups excluding carboxylic acids is 1. The SMILES string of the molecule is CC#CC(=O)N1CCCCC1c1nc(-c2ccc(Oc3cccc(C)c3)cc2)c2cnccn12. The molecule has 2 aromatic heterocycles. The highest BCUT2D eigenvalue weighted by molar-refractivity contribution is 5.93. The van der Waals surface area contributed by atoms with Crippen molar-refractivity contribution in [2.75, 3.05) is 6.54 Å². The number of nitrogens with zero attached hydrogens (tertiary/aromatic N) is 4. The second kappa shape index (κ2) is 9.40. The van der Waals surface area contributed by atoms with Crippen LogP contribution in [0, 0.1) is 18.8 Å². The molecule has 34 heavy (non-hydrogen) atoms. The molecule has 1 atom stereocenters. The lowest BCUT2D eigenvalue weighted by atomic mass is 10.0. The van der Waals surface area contributed by atoms with E-state index in [1.807, 2.05) is 72.7 Å². The van der Waals surface area contributed by atoms with Gasteiger partial charge in [0.25, 0.3) is 5.91 Å². The third kappa shape index (κ3) is 4.25. The Morgan fingerprint density at radius 2 is 1.97 bits per heavy atom. The van der Waals surface area contributed by atoms with Crippen LogP contribution >= 0.6 is 0 Å². The van der Waals surface area contributed by atoms with Crippen LogP contribution in [0.3, 0.4) is 0 Å². The first-order chi connectivity index (χ1) is 16.6. The predicted molar refractivity (Wildman–Crippen MR) is 131 cm³/mol. The van der Waals surface area contributed by atoms with Crippen molar-refractivity contribution in [2.24, 2.45) is 0 Å². The molecule has 1 unspecified atom stereocenters. The summed E-state index contributed by atoms with van der Waals surface area (Å²) in [4.78, 5) is 23.9. The molecule has 1 fully saturated rings. The van der Waals surface area contributed by atoms with Gasteiger partial charge in [0, 0.05) is 24.5 Å². The van der Waals surface area contributed by atoms with Crippen molar-refractivity contribution in [2.45, 2.75) is 39.2 Å². The molecule has 0 saturated carbocycles. The molecule has 170 valence electrons. The molecule has 5 rings (SSSR count). The largest absolute Gasteiger partial charge is 0.457 e. The second-order valence-corrected chi connectivity index (χ2v) is 8.48. The highest BCUT2D eigenvalue weighted by Crippen LogP contribution is 2.35. The topological polar surface area (TPSA) is 59.7 Å². The maximum Gasteiger partial charge on any atom is 0.299 e. The van der Waals surface area contributed by atoms with E-state index in [-0.39, 0.29) is 11.9 Å². The van der Waals surface area contributed by atoms with Crippen LogP contribution in [0.25, 0.3) is 16.8 Å². The lowest BCUT2D eigenvalue weighted by molar-refractivity contribution is -0.129. The van der Waals surface area contributed by atoms with Crippen LogP contribution < -0.4 is 4.74 Å². The zero-order chi connectivity index (χ0) is 23.5. The van der Waals surface area contributed by atoms with Crippen molar-refractivity contribution in [1.29, 1.82) is 0 Å². The van der Waals surface area contributed by atoms with E-state index in [1.54, 1.807) is 13.1 Å². The Morgan fingerprint density at radius 1 is 1.12 bits per heavy atom. The fourth-order valence-electron chi connectivity index (χ4n) is 4.53. The molecule has 0 aliphatic carbocycles. The van der Waals surface area contributed by atoms with Gasteiger partial charge in [-0.2, -0.15) is 0 Å². The van der Waals surface area contributed by atoms with Crippen molar-refractivity contribution in [1.82, 2.24) is 19.3 Å². The average Bonchev–Trinajstić information content (AvgIpc) is 3.24. The van der Waals surface area contributed by atoms with Crippen LogP contribution in [0.4, 0.5) is 0 Å². The van der Waals surface area contributed by atoms with Crippen molar-refractivity contribution in [3.63, 3.8) is 0 Å². The number of piperidine rings is 1. The molecule has 1 amide bonds. The Labute approximate surface area is 199 Å². The quantitative estimate of drug-likeness (QED) is 0.381. The summed E-state index contributed by atoms with van der Waals surface area (Å²) in [7, 11) is 0. The van der Waals surface area contributed by atoms with Crippen molar-refractivity contribution >= 4 is 11.4 Å². The molecule has 1 aliphatic heterocycles. The Bertz CT molecular complexity index is 1400. The minimum Gasteiger partial charge on any atom is -0.457 e. The maximum absolute atomic E-state index is 12.7. The number of hydrogen-bond donors (Lipinski definition) is 0. The Morgan fingerprint density at radius 3 is 2.76 bits per heavy atom. The van der Waals surface area contributed by atoms with Crippen LogP contribution in [-0.2, 0) is 4.79 Å². The standard InChI is InChI=1S/C28H26N4O2/c1-3-7-26(33)31-16-5-4-10-24(31)28-30-27(25-19-29-15-17-32(25)28)21-11-13-22(14-12-21)34-23-9-6-8-20(2)18-23/h6,8-9,11-15,17-19,24H,4-5,10,16H2,1-2H3. The van der Waals surface area contributed by atoms with Crippen LogP contribution in [0.2, 0.25) is 0 Å². The van der Waals surface area contributed by atoms with Crippen molar-refractivity contribution in [3.05, 3.63) is 78.5 Å². The average molecular weight is 451 g/mol. The maximum atomic E-state index is 12.7. The third-order valence-electron chi connectivity index (χ3n) is 6.12. The lowest BCUT2D eigenvalue weighted by Gasteiger charge is -2.33. The van der Waals surface area contributed by atoms with E-state index >= 15 is 0 Å². The predicted octanol–water partition coefficient (Wildman–Crippen LogP) is 5.57. The van der Waals surface area contributed by atoms with Gasteiger partial charge in [0.15, 0.2) is 0 Å². The summed E-state index contributed by atoms with van der Waals surface area (Å²) in [5.41, 5.74) is 3.86. The monoisotopic (exact) mass is 450 g/mol.